The first kappa shape index (κ1) is 20.6. The second-order valence-electron chi connectivity index (χ2n) is 8.07. The Hall–Kier alpha value is -2.66. The molecule has 1 aromatic carbocycles. The van der Waals surface area contributed by atoms with E-state index in [1.165, 1.54) is 57.6 Å². The quantitative estimate of drug-likeness (QED) is 0.487. The van der Waals surface area contributed by atoms with Crippen molar-refractivity contribution in [3.8, 4) is 17.1 Å². The van der Waals surface area contributed by atoms with Gasteiger partial charge in [-0.25, -0.2) is 0 Å². The Balaban J connectivity index is 1.25. The van der Waals surface area contributed by atoms with Gasteiger partial charge in [0.2, 0.25) is 0 Å². The van der Waals surface area contributed by atoms with Crippen LogP contribution in [0.15, 0.2) is 58.0 Å². The molecule has 158 valence electrons. The van der Waals surface area contributed by atoms with Gasteiger partial charge in [-0.1, -0.05) is 25.7 Å². The topological polar surface area (TPSA) is 64.4 Å². The summed E-state index contributed by atoms with van der Waals surface area (Å²) in [6.07, 6.45) is 13.5. The predicted molar refractivity (Wildman–Crippen MR) is 120 cm³/mol. The summed E-state index contributed by atoms with van der Waals surface area (Å²) in [7, 11) is 0. The predicted octanol–water partition coefficient (Wildman–Crippen LogP) is 5.33. The standard InChI is InChI=1S/C25H30N2O3/c28-23-18-25(19-11-14-26-15-12-19)30-24-10-9-21(17-22(23)24)29-16-6-2-1-3-7-20-8-4-5-13-27-20/h9-12,14-15,17-18,20,27H,1-8,13,16H2. The molecule has 1 atom stereocenters. The number of nitrogens with one attached hydrogen (secondary N) is 1. The van der Waals surface area contributed by atoms with Crippen LogP contribution in [-0.2, 0) is 0 Å². The number of fused-ring (bicyclic) bond motifs is 1. The number of nitrogens with zero attached hydrogens (tertiary/aromatic N) is 1. The summed E-state index contributed by atoms with van der Waals surface area (Å²) in [5.41, 5.74) is 1.34. The van der Waals surface area contributed by atoms with Crippen molar-refractivity contribution < 1.29 is 9.15 Å². The number of hydrogen-bond donors (Lipinski definition) is 1. The van der Waals surface area contributed by atoms with Crippen LogP contribution in [0.5, 0.6) is 5.75 Å². The maximum absolute atomic E-state index is 12.6. The fourth-order valence-electron chi connectivity index (χ4n) is 4.09. The Bertz CT molecular complexity index is 994. The third kappa shape index (κ3) is 5.48. The van der Waals surface area contributed by atoms with Crippen LogP contribution in [0.3, 0.4) is 0 Å². The van der Waals surface area contributed by atoms with Gasteiger partial charge in [0.15, 0.2) is 5.43 Å². The molecule has 0 radical (unpaired) electrons. The minimum atomic E-state index is -0.0650. The number of hydrogen-bond acceptors (Lipinski definition) is 5. The van der Waals surface area contributed by atoms with Crippen molar-refractivity contribution in [3.63, 3.8) is 0 Å². The molecule has 5 heteroatoms. The van der Waals surface area contributed by atoms with Crippen molar-refractivity contribution in [1.29, 1.82) is 0 Å². The second kappa shape index (κ2) is 10.4. The fraction of sp³-hybridized carbons (Fsp3) is 0.440. The molecule has 1 aliphatic rings. The number of pyridine rings is 1. The van der Waals surface area contributed by atoms with E-state index in [1.807, 2.05) is 24.3 Å². The number of piperidine rings is 1. The maximum Gasteiger partial charge on any atom is 0.193 e. The molecule has 1 aliphatic heterocycles. The van der Waals surface area contributed by atoms with Crippen LogP contribution in [0.25, 0.3) is 22.3 Å². The molecule has 0 amide bonds. The minimum Gasteiger partial charge on any atom is -0.494 e. The lowest BCUT2D eigenvalue weighted by Crippen LogP contribution is -2.33. The molecular weight excluding hydrogens is 376 g/mol. The summed E-state index contributed by atoms with van der Waals surface area (Å²) in [5, 5.41) is 4.16. The Morgan fingerprint density at radius 1 is 1.03 bits per heavy atom. The normalized spacial score (nSPS) is 16.6. The van der Waals surface area contributed by atoms with Crippen LogP contribution >= 0.6 is 0 Å². The van der Waals surface area contributed by atoms with E-state index in [9.17, 15) is 4.79 Å². The van der Waals surface area contributed by atoms with Gasteiger partial charge in [0.25, 0.3) is 0 Å². The summed E-state index contributed by atoms with van der Waals surface area (Å²) in [5.74, 6) is 1.27. The molecule has 3 aromatic rings. The van der Waals surface area contributed by atoms with E-state index in [-0.39, 0.29) is 5.43 Å². The van der Waals surface area contributed by atoms with E-state index in [4.69, 9.17) is 9.15 Å². The van der Waals surface area contributed by atoms with Gasteiger partial charge < -0.3 is 14.5 Å². The Morgan fingerprint density at radius 3 is 2.73 bits per heavy atom. The zero-order chi connectivity index (χ0) is 20.6. The molecule has 5 nitrogen and oxygen atoms in total. The lowest BCUT2D eigenvalue weighted by Gasteiger charge is -2.23. The van der Waals surface area contributed by atoms with Crippen LogP contribution in [0, 0.1) is 0 Å². The number of ether oxygens (including phenoxy) is 1. The first-order chi connectivity index (χ1) is 14.8. The van der Waals surface area contributed by atoms with Gasteiger partial charge in [-0.3, -0.25) is 9.78 Å². The molecule has 2 aromatic heterocycles. The van der Waals surface area contributed by atoms with Gasteiger partial charge in [-0.2, -0.15) is 0 Å². The molecular formula is C25H30N2O3. The smallest absolute Gasteiger partial charge is 0.193 e. The number of unbranched alkanes of at least 4 members (excludes halogenated alkanes) is 3. The molecule has 3 heterocycles. The van der Waals surface area contributed by atoms with Crippen LogP contribution in [-0.4, -0.2) is 24.2 Å². The van der Waals surface area contributed by atoms with Crippen LogP contribution < -0.4 is 15.5 Å². The first-order valence-corrected chi connectivity index (χ1v) is 11.1. The van der Waals surface area contributed by atoms with E-state index in [0.717, 1.165) is 23.8 Å². The van der Waals surface area contributed by atoms with Crippen LogP contribution in [0.4, 0.5) is 0 Å². The van der Waals surface area contributed by atoms with E-state index in [2.05, 4.69) is 10.3 Å². The fourth-order valence-corrected chi connectivity index (χ4v) is 4.09. The van der Waals surface area contributed by atoms with Crippen molar-refractivity contribution in [2.75, 3.05) is 13.2 Å². The molecule has 0 spiro atoms. The number of aromatic nitrogens is 1. The highest BCUT2D eigenvalue weighted by Gasteiger charge is 2.11. The van der Waals surface area contributed by atoms with Crippen LogP contribution in [0.2, 0.25) is 0 Å². The lowest BCUT2D eigenvalue weighted by atomic mass is 9.99. The van der Waals surface area contributed by atoms with Gasteiger partial charge in [0, 0.05) is 30.1 Å². The Morgan fingerprint density at radius 2 is 1.90 bits per heavy atom. The molecule has 1 unspecified atom stereocenters. The van der Waals surface area contributed by atoms with Gasteiger partial charge in [0.05, 0.1) is 12.0 Å². The van der Waals surface area contributed by atoms with Gasteiger partial charge >= 0.3 is 0 Å². The van der Waals surface area contributed by atoms with Crippen molar-refractivity contribution in [2.45, 2.75) is 57.4 Å². The zero-order valence-corrected chi connectivity index (χ0v) is 17.4. The lowest BCUT2D eigenvalue weighted by molar-refractivity contribution is 0.302. The SMILES string of the molecule is O=c1cc(-c2ccncc2)oc2ccc(OCCCCCCC3CCCCN3)cc12. The van der Waals surface area contributed by atoms with Crippen molar-refractivity contribution in [3.05, 3.63) is 59.0 Å². The summed E-state index contributed by atoms with van der Waals surface area (Å²) in [6, 6.07) is 11.4. The van der Waals surface area contributed by atoms with E-state index >= 15 is 0 Å². The highest BCUT2D eigenvalue weighted by Crippen LogP contribution is 2.24. The summed E-state index contributed by atoms with van der Waals surface area (Å²) < 4.78 is 11.8. The molecule has 1 saturated heterocycles. The van der Waals surface area contributed by atoms with Gasteiger partial charge in [-0.05, 0) is 62.6 Å². The van der Waals surface area contributed by atoms with Crippen molar-refractivity contribution in [1.82, 2.24) is 10.3 Å². The van der Waals surface area contributed by atoms with E-state index in [0.29, 0.717) is 23.3 Å². The monoisotopic (exact) mass is 406 g/mol. The summed E-state index contributed by atoms with van der Waals surface area (Å²) in [4.78, 5) is 16.6. The maximum atomic E-state index is 12.6. The van der Waals surface area contributed by atoms with Crippen molar-refractivity contribution in [2.24, 2.45) is 0 Å². The molecule has 0 aliphatic carbocycles. The van der Waals surface area contributed by atoms with Gasteiger partial charge in [-0.15, -0.1) is 0 Å². The second-order valence-corrected chi connectivity index (χ2v) is 8.07. The average Bonchev–Trinajstić information content (AvgIpc) is 2.80. The summed E-state index contributed by atoms with van der Waals surface area (Å²) >= 11 is 0. The first-order valence-electron chi connectivity index (χ1n) is 11.1. The molecule has 0 saturated carbocycles. The zero-order valence-electron chi connectivity index (χ0n) is 17.4. The number of rotatable bonds is 9. The Kier molecular flexibility index (Phi) is 7.14. The number of benzene rings is 1. The van der Waals surface area contributed by atoms with E-state index in [1.54, 1.807) is 18.5 Å². The van der Waals surface area contributed by atoms with E-state index < -0.39 is 0 Å². The molecule has 1 N–H and O–H groups in total. The molecule has 4 rings (SSSR count). The minimum absolute atomic E-state index is 0.0650. The molecule has 1 fully saturated rings. The largest absolute Gasteiger partial charge is 0.494 e. The van der Waals surface area contributed by atoms with Crippen LogP contribution in [0.1, 0.15) is 51.4 Å². The third-order valence-corrected chi connectivity index (χ3v) is 5.79. The molecule has 30 heavy (non-hydrogen) atoms. The average molecular weight is 407 g/mol. The summed E-state index contributed by atoms with van der Waals surface area (Å²) in [6.45, 7) is 1.86. The highest BCUT2D eigenvalue weighted by molar-refractivity contribution is 5.80. The Labute approximate surface area is 177 Å². The highest BCUT2D eigenvalue weighted by atomic mass is 16.5. The third-order valence-electron chi connectivity index (χ3n) is 5.79. The van der Waals surface area contributed by atoms with Gasteiger partial charge in [0.1, 0.15) is 17.1 Å². The molecule has 0 bridgehead atoms. The van der Waals surface area contributed by atoms with Crippen molar-refractivity contribution >= 4 is 11.0 Å².